The molecule has 1 aromatic heterocycles. The van der Waals surface area contributed by atoms with Crippen LogP contribution in [0.5, 0.6) is 0 Å². The Morgan fingerprint density at radius 2 is 1.58 bits per heavy atom. The molecule has 1 saturated carbocycles. The van der Waals surface area contributed by atoms with Gasteiger partial charge in [0, 0.05) is 49.2 Å². The maximum atomic E-state index is 6.39. The first-order valence-electron chi connectivity index (χ1n) is 14.6. The van der Waals surface area contributed by atoms with Crippen molar-refractivity contribution in [1.29, 1.82) is 0 Å². The average Bonchev–Trinajstić information content (AvgIpc) is 2.92. The minimum absolute atomic E-state index is 0.0383. The molecule has 2 aromatic rings. The van der Waals surface area contributed by atoms with E-state index in [0.29, 0.717) is 22.9 Å². The number of thiocarbonyl (C=S) groups is 1. The number of piperidine rings is 2. The summed E-state index contributed by atoms with van der Waals surface area (Å²) in [5.74, 6) is 3.96. The van der Waals surface area contributed by atoms with Gasteiger partial charge in [-0.15, -0.1) is 0 Å². The van der Waals surface area contributed by atoms with Gasteiger partial charge in [-0.1, -0.05) is 56.8 Å². The number of hydrogen-bond donors (Lipinski definition) is 2. The lowest BCUT2D eigenvalue weighted by atomic mass is 9.69. The second-order valence-electron chi connectivity index (χ2n) is 12.0. The Morgan fingerprint density at radius 3 is 2.16 bits per heavy atom. The summed E-state index contributed by atoms with van der Waals surface area (Å²) < 4.78 is 0. The van der Waals surface area contributed by atoms with Crippen LogP contribution < -0.4 is 20.4 Å². The summed E-state index contributed by atoms with van der Waals surface area (Å²) in [5.41, 5.74) is 1.34. The van der Waals surface area contributed by atoms with Crippen molar-refractivity contribution in [3.63, 3.8) is 0 Å². The highest BCUT2D eigenvalue weighted by Crippen LogP contribution is 2.40. The maximum absolute atomic E-state index is 6.39. The van der Waals surface area contributed by atoms with Gasteiger partial charge in [-0.3, -0.25) is 0 Å². The quantitative estimate of drug-likeness (QED) is 0.381. The molecule has 2 N–H and O–H groups in total. The fraction of sp³-hybridized carbons (Fsp3) is 0.633. The van der Waals surface area contributed by atoms with Crippen molar-refractivity contribution in [2.24, 2.45) is 11.8 Å². The molecule has 0 amide bonds. The normalized spacial score (nSPS) is 23.7. The summed E-state index contributed by atoms with van der Waals surface area (Å²) in [4.78, 5) is 14.8. The molecule has 3 fully saturated rings. The SMILES string of the molecule is C[C@@H]1CCCN(c2cc(N3CCC[C@@H](C)C3)nc(NC(=S)NCC3(c4cccc(Cl)c4)CCCCC3)n2)C1. The summed E-state index contributed by atoms with van der Waals surface area (Å²) in [6, 6.07) is 10.5. The molecule has 1 aliphatic carbocycles. The molecule has 5 rings (SSSR count). The van der Waals surface area contributed by atoms with Gasteiger partial charge in [0.25, 0.3) is 0 Å². The van der Waals surface area contributed by atoms with Crippen molar-refractivity contribution in [2.75, 3.05) is 47.8 Å². The molecule has 2 atom stereocenters. The van der Waals surface area contributed by atoms with Gasteiger partial charge in [-0.2, -0.15) is 9.97 Å². The Hall–Kier alpha value is -2.12. The van der Waals surface area contributed by atoms with E-state index in [2.05, 4.69) is 58.5 Å². The first kappa shape index (κ1) is 27.4. The number of hydrogen-bond acceptors (Lipinski definition) is 5. The monoisotopic (exact) mass is 554 g/mol. The van der Waals surface area contributed by atoms with E-state index >= 15 is 0 Å². The van der Waals surface area contributed by atoms with Gasteiger partial charge in [-0.25, -0.2) is 0 Å². The van der Waals surface area contributed by atoms with Gasteiger partial charge >= 0.3 is 0 Å². The van der Waals surface area contributed by atoms with E-state index in [-0.39, 0.29) is 5.41 Å². The molecule has 206 valence electrons. The second-order valence-corrected chi connectivity index (χ2v) is 12.8. The van der Waals surface area contributed by atoms with E-state index < -0.39 is 0 Å². The van der Waals surface area contributed by atoms with Gasteiger partial charge in [0.15, 0.2) is 5.11 Å². The third-order valence-electron chi connectivity index (χ3n) is 8.72. The highest BCUT2D eigenvalue weighted by atomic mass is 35.5. The van der Waals surface area contributed by atoms with E-state index in [9.17, 15) is 0 Å². The lowest BCUT2D eigenvalue weighted by Gasteiger charge is -2.38. The Kier molecular flexibility index (Phi) is 8.94. The van der Waals surface area contributed by atoms with Crippen LogP contribution >= 0.6 is 23.8 Å². The van der Waals surface area contributed by atoms with Crippen molar-refractivity contribution in [1.82, 2.24) is 15.3 Å². The first-order valence-corrected chi connectivity index (χ1v) is 15.4. The molecular formula is C30H43ClN6S. The molecule has 3 aliphatic rings. The van der Waals surface area contributed by atoms with Crippen molar-refractivity contribution in [2.45, 2.75) is 77.0 Å². The number of aromatic nitrogens is 2. The van der Waals surface area contributed by atoms with Crippen LogP contribution in [-0.2, 0) is 5.41 Å². The van der Waals surface area contributed by atoms with E-state index in [1.54, 1.807) is 0 Å². The summed E-state index contributed by atoms with van der Waals surface area (Å²) in [6.45, 7) is 9.61. The van der Waals surface area contributed by atoms with Crippen LogP contribution in [0.4, 0.5) is 17.6 Å². The molecule has 8 heteroatoms. The highest BCUT2D eigenvalue weighted by molar-refractivity contribution is 7.80. The molecule has 2 aliphatic heterocycles. The molecule has 6 nitrogen and oxygen atoms in total. The predicted molar refractivity (Wildman–Crippen MR) is 164 cm³/mol. The minimum atomic E-state index is 0.0383. The lowest BCUT2D eigenvalue weighted by molar-refractivity contribution is 0.292. The Morgan fingerprint density at radius 1 is 0.947 bits per heavy atom. The fourth-order valence-corrected chi connectivity index (χ4v) is 6.96. The number of anilines is 3. The first-order chi connectivity index (χ1) is 18.4. The van der Waals surface area contributed by atoms with Gasteiger partial charge in [-0.05, 0) is 80.3 Å². The standard InChI is InChI=1S/C30H43ClN6S/c1-22-9-7-15-36(19-22)26-18-27(37-16-8-10-23(2)20-37)34-28(33-26)35-29(38)32-21-30(13-4-3-5-14-30)24-11-6-12-25(31)17-24/h6,11-12,17-18,22-23H,3-5,7-10,13-16,19-21H2,1-2H3,(H2,32,33,34,35,38)/t22-,23-/m1/s1. The molecular weight excluding hydrogens is 512 g/mol. The molecule has 38 heavy (non-hydrogen) atoms. The Labute approximate surface area is 238 Å². The zero-order chi connectivity index (χ0) is 26.5. The molecule has 1 aromatic carbocycles. The maximum Gasteiger partial charge on any atom is 0.232 e. The zero-order valence-corrected chi connectivity index (χ0v) is 24.6. The second kappa shape index (κ2) is 12.4. The van der Waals surface area contributed by atoms with Gasteiger partial charge in [0.2, 0.25) is 5.95 Å². The summed E-state index contributed by atoms with van der Waals surface area (Å²) in [5, 5.41) is 8.28. The van der Waals surface area contributed by atoms with Crippen LogP contribution in [0.3, 0.4) is 0 Å². The van der Waals surface area contributed by atoms with Crippen molar-refractivity contribution in [3.05, 3.63) is 40.9 Å². The fourth-order valence-electron chi connectivity index (χ4n) is 6.61. The Bertz CT molecular complexity index is 1060. The van der Waals surface area contributed by atoms with E-state index in [4.69, 9.17) is 33.8 Å². The smallest absolute Gasteiger partial charge is 0.232 e. The zero-order valence-electron chi connectivity index (χ0n) is 23.0. The van der Waals surface area contributed by atoms with Crippen LogP contribution in [0.2, 0.25) is 5.02 Å². The molecule has 2 saturated heterocycles. The van der Waals surface area contributed by atoms with Crippen LogP contribution in [0.25, 0.3) is 0 Å². The van der Waals surface area contributed by atoms with Gasteiger partial charge < -0.3 is 20.4 Å². The number of rotatable bonds is 6. The van der Waals surface area contributed by atoms with Crippen LogP contribution in [0.15, 0.2) is 30.3 Å². The van der Waals surface area contributed by atoms with Crippen LogP contribution in [0, 0.1) is 11.8 Å². The van der Waals surface area contributed by atoms with Gasteiger partial charge in [0.05, 0.1) is 0 Å². The third kappa shape index (κ3) is 6.71. The molecule has 0 unspecified atom stereocenters. The summed E-state index contributed by atoms with van der Waals surface area (Å²) in [6.07, 6.45) is 11.0. The largest absolute Gasteiger partial charge is 0.361 e. The summed E-state index contributed by atoms with van der Waals surface area (Å²) >= 11 is 12.2. The van der Waals surface area contributed by atoms with Crippen molar-refractivity contribution < 1.29 is 0 Å². The minimum Gasteiger partial charge on any atom is -0.361 e. The average molecular weight is 555 g/mol. The number of nitrogens with zero attached hydrogens (tertiary/aromatic N) is 4. The summed E-state index contributed by atoms with van der Waals surface area (Å²) in [7, 11) is 0. The molecule has 0 spiro atoms. The Balaban J connectivity index is 1.33. The van der Waals surface area contributed by atoms with Crippen LogP contribution in [-0.4, -0.2) is 47.8 Å². The van der Waals surface area contributed by atoms with Gasteiger partial charge in [0.1, 0.15) is 11.6 Å². The highest BCUT2D eigenvalue weighted by Gasteiger charge is 2.34. The van der Waals surface area contributed by atoms with E-state index in [0.717, 1.165) is 62.2 Å². The van der Waals surface area contributed by atoms with Crippen molar-refractivity contribution >= 4 is 46.5 Å². The number of halogens is 1. The predicted octanol–water partition coefficient (Wildman–Crippen LogP) is 6.79. The van der Waals surface area contributed by atoms with E-state index in [1.807, 2.05) is 6.07 Å². The van der Waals surface area contributed by atoms with Crippen molar-refractivity contribution in [3.8, 4) is 0 Å². The molecule has 0 bridgehead atoms. The third-order valence-corrected chi connectivity index (χ3v) is 9.20. The number of benzene rings is 1. The number of nitrogens with one attached hydrogen (secondary N) is 2. The molecule has 3 heterocycles. The topological polar surface area (TPSA) is 56.3 Å². The van der Waals surface area contributed by atoms with E-state index in [1.165, 1.54) is 50.5 Å². The molecule has 0 radical (unpaired) electrons. The lowest BCUT2D eigenvalue weighted by Crippen LogP contribution is -2.44. The van der Waals surface area contributed by atoms with Crippen LogP contribution in [0.1, 0.15) is 77.2 Å².